The lowest BCUT2D eigenvalue weighted by atomic mass is 10.2. The summed E-state index contributed by atoms with van der Waals surface area (Å²) in [7, 11) is 0. The Labute approximate surface area is 220 Å². The smallest absolute Gasteiger partial charge is 0.329 e. The Morgan fingerprint density at radius 3 is 2.44 bits per heavy atom. The van der Waals surface area contributed by atoms with Gasteiger partial charge in [0.05, 0.1) is 18.5 Å². The minimum Gasteiger partial charge on any atom is -0.492 e. The van der Waals surface area contributed by atoms with Crippen molar-refractivity contribution in [2.45, 2.75) is 6.92 Å². The molecule has 3 amide bonds. The van der Waals surface area contributed by atoms with E-state index >= 15 is 0 Å². The molecule has 0 saturated heterocycles. The van der Waals surface area contributed by atoms with E-state index in [-0.39, 0.29) is 12.5 Å². The Kier molecular flexibility index (Phi) is 9.84. The summed E-state index contributed by atoms with van der Waals surface area (Å²) in [5, 5.41) is 9.58. The molecule has 0 unspecified atom stereocenters. The van der Waals surface area contributed by atoms with Gasteiger partial charge in [-0.25, -0.2) is 5.43 Å². The average molecular weight is 574 g/mol. The third-order valence-electron chi connectivity index (χ3n) is 4.47. The van der Waals surface area contributed by atoms with Gasteiger partial charge in [-0.3, -0.25) is 14.4 Å². The summed E-state index contributed by atoms with van der Waals surface area (Å²) in [5.74, 6) is -1.47. The largest absolute Gasteiger partial charge is 0.492 e. The number of amides is 3. The molecule has 0 heterocycles. The van der Waals surface area contributed by atoms with Crippen molar-refractivity contribution in [2.75, 3.05) is 23.8 Å². The van der Waals surface area contributed by atoms with E-state index in [9.17, 15) is 14.4 Å². The summed E-state index contributed by atoms with van der Waals surface area (Å²) < 4.78 is 11.8. The number of carbonyl (C=O) groups is 3. The number of hydrogen-bond donors (Lipinski definition) is 3. The van der Waals surface area contributed by atoms with E-state index < -0.39 is 11.8 Å². The van der Waals surface area contributed by atoms with Crippen LogP contribution in [0, 0.1) is 0 Å². The molecule has 11 heteroatoms. The molecule has 0 aliphatic heterocycles. The second-order valence-electron chi connectivity index (χ2n) is 7.11. The van der Waals surface area contributed by atoms with Gasteiger partial charge in [-0.2, -0.15) is 5.10 Å². The number of ether oxygens (including phenoxy) is 2. The maximum atomic E-state index is 12.2. The highest BCUT2D eigenvalue weighted by Gasteiger charge is 2.15. The lowest BCUT2D eigenvalue weighted by Crippen LogP contribution is -2.32. The molecule has 9 nitrogen and oxygen atoms in total. The number of hydrazone groups is 1. The van der Waals surface area contributed by atoms with Crippen LogP contribution in [0.1, 0.15) is 12.5 Å². The van der Waals surface area contributed by atoms with Gasteiger partial charge in [-0.05, 0) is 61.5 Å². The van der Waals surface area contributed by atoms with Crippen LogP contribution in [-0.2, 0) is 14.4 Å². The summed E-state index contributed by atoms with van der Waals surface area (Å²) in [4.78, 5) is 36.7. The number of anilines is 2. The third-order valence-corrected chi connectivity index (χ3v) is 5.21. The predicted octanol–water partition coefficient (Wildman–Crippen LogP) is 4.61. The first kappa shape index (κ1) is 26.7. The molecule has 186 valence electrons. The van der Waals surface area contributed by atoms with Crippen LogP contribution < -0.4 is 25.5 Å². The molecule has 3 rings (SSSR count). The van der Waals surface area contributed by atoms with Gasteiger partial charge in [0.25, 0.3) is 5.91 Å². The van der Waals surface area contributed by atoms with E-state index in [0.29, 0.717) is 40.1 Å². The SMILES string of the molecule is CCOc1ccccc1NC(=O)C(=O)N/N=C\c1cc(Br)ccc1OCC(=O)Nc1ccc(Cl)cc1. The minimum absolute atomic E-state index is 0.265. The zero-order valence-corrected chi connectivity index (χ0v) is 21.4. The van der Waals surface area contributed by atoms with Gasteiger partial charge in [0.1, 0.15) is 11.5 Å². The minimum atomic E-state index is -0.975. The van der Waals surface area contributed by atoms with Crippen molar-refractivity contribution in [3.8, 4) is 11.5 Å². The first-order valence-electron chi connectivity index (χ1n) is 10.7. The molecule has 3 aromatic carbocycles. The fraction of sp³-hybridized carbons (Fsp3) is 0.120. The third kappa shape index (κ3) is 8.10. The number of hydrogen-bond acceptors (Lipinski definition) is 6. The van der Waals surface area contributed by atoms with Crippen LogP contribution in [0.5, 0.6) is 11.5 Å². The second kappa shape index (κ2) is 13.3. The van der Waals surface area contributed by atoms with E-state index in [2.05, 4.69) is 37.1 Å². The number of rotatable bonds is 9. The topological polar surface area (TPSA) is 118 Å². The number of halogens is 2. The van der Waals surface area contributed by atoms with E-state index in [1.54, 1.807) is 66.7 Å². The van der Waals surface area contributed by atoms with Crippen LogP contribution in [-0.4, -0.2) is 37.1 Å². The lowest BCUT2D eigenvalue weighted by Gasteiger charge is -2.11. The lowest BCUT2D eigenvalue weighted by molar-refractivity contribution is -0.136. The summed E-state index contributed by atoms with van der Waals surface area (Å²) >= 11 is 9.20. The standard InChI is InChI=1S/C25H22BrClN4O5/c1-2-35-22-6-4-3-5-20(22)30-24(33)25(34)31-28-14-16-13-17(26)7-12-21(16)36-15-23(32)29-19-10-8-18(27)9-11-19/h3-14H,2,15H2,1H3,(H,29,32)(H,30,33)(H,31,34)/b28-14-. The molecular weight excluding hydrogens is 552 g/mol. The number of para-hydroxylation sites is 2. The Bertz CT molecular complexity index is 1270. The van der Waals surface area contributed by atoms with Crippen molar-refractivity contribution in [1.29, 1.82) is 0 Å². The van der Waals surface area contributed by atoms with Crippen molar-refractivity contribution in [3.63, 3.8) is 0 Å². The van der Waals surface area contributed by atoms with Crippen LogP contribution >= 0.6 is 27.5 Å². The monoisotopic (exact) mass is 572 g/mol. The normalized spacial score (nSPS) is 10.5. The van der Waals surface area contributed by atoms with Crippen molar-refractivity contribution >= 4 is 62.8 Å². The first-order chi connectivity index (χ1) is 17.4. The molecule has 0 bridgehead atoms. The summed E-state index contributed by atoms with van der Waals surface area (Å²) in [5.41, 5.74) is 3.58. The quantitative estimate of drug-likeness (QED) is 0.196. The zero-order chi connectivity index (χ0) is 25.9. The van der Waals surface area contributed by atoms with E-state index in [1.807, 2.05) is 6.92 Å². The Hall–Kier alpha value is -3.89. The molecule has 3 N–H and O–H groups in total. The summed E-state index contributed by atoms with van der Waals surface area (Å²) in [6.45, 7) is 1.95. The van der Waals surface area contributed by atoms with Gasteiger partial charge >= 0.3 is 11.8 Å². The Morgan fingerprint density at radius 1 is 0.944 bits per heavy atom. The Morgan fingerprint density at radius 2 is 1.69 bits per heavy atom. The highest BCUT2D eigenvalue weighted by Crippen LogP contribution is 2.24. The molecule has 0 fully saturated rings. The van der Waals surface area contributed by atoms with Crippen LogP contribution in [0.25, 0.3) is 0 Å². The van der Waals surface area contributed by atoms with Crippen LogP contribution in [0.3, 0.4) is 0 Å². The van der Waals surface area contributed by atoms with Gasteiger partial charge < -0.3 is 20.1 Å². The first-order valence-corrected chi connectivity index (χ1v) is 11.9. The molecule has 0 aromatic heterocycles. The highest BCUT2D eigenvalue weighted by molar-refractivity contribution is 9.10. The highest BCUT2D eigenvalue weighted by atomic mass is 79.9. The van der Waals surface area contributed by atoms with Gasteiger partial charge in [0, 0.05) is 20.7 Å². The van der Waals surface area contributed by atoms with Gasteiger partial charge in [-0.1, -0.05) is 39.7 Å². The fourth-order valence-corrected chi connectivity index (χ4v) is 3.37. The second-order valence-corrected chi connectivity index (χ2v) is 8.46. The molecule has 3 aromatic rings. The molecule has 36 heavy (non-hydrogen) atoms. The van der Waals surface area contributed by atoms with Crippen LogP contribution in [0.2, 0.25) is 5.02 Å². The number of carbonyl (C=O) groups excluding carboxylic acids is 3. The molecule has 0 saturated carbocycles. The molecule has 0 atom stereocenters. The van der Waals surface area contributed by atoms with E-state index in [1.165, 1.54) is 6.21 Å². The van der Waals surface area contributed by atoms with Crippen molar-refractivity contribution in [3.05, 3.63) is 81.8 Å². The fourth-order valence-electron chi connectivity index (χ4n) is 2.87. The molecule has 0 aliphatic rings. The molecule has 0 spiro atoms. The maximum Gasteiger partial charge on any atom is 0.329 e. The van der Waals surface area contributed by atoms with E-state index in [4.69, 9.17) is 21.1 Å². The predicted molar refractivity (Wildman–Crippen MR) is 142 cm³/mol. The zero-order valence-electron chi connectivity index (χ0n) is 19.1. The number of benzene rings is 3. The Balaban J connectivity index is 1.58. The van der Waals surface area contributed by atoms with Crippen molar-refractivity contribution in [2.24, 2.45) is 5.10 Å². The summed E-state index contributed by atoms with van der Waals surface area (Å²) in [6, 6.07) is 18.5. The average Bonchev–Trinajstić information content (AvgIpc) is 2.86. The maximum absolute atomic E-state index is 12.2. The summed E-state index contributed by atoms with van der Waals surface area (Å²) in [6.07, 6.45) is 1.30. The van der Waals surface area contributed by atoms with Crippen molar-refractivity contribution < 1.29 is 23.9 Å². The molecular formula is C25H22BrClN4O5. The van der Waals surface area contributed by atoms with E-state index in [0.717, 1.165) is 4.47 Å². The molecule has 0 aliphatic carbocycles. The number of nitrogens with one attached hydrogen (secondary N) is 3. The molecule has 0 radical (unpaired) electrons. The van der Waals surface area contributed by atoms with Gasteiger partial charge in [0.15, 0.2) is 6.61 Å². The van der Waals surface area contributed by atoms with Gasteiger partial charge in [0.2, 0.25) is 0 Å². The number of nitrogens with zero attached hydrogens (tertiary/aromatic N) is 1. The van der Waals surface area contributed by atoms with Crippen molar-refractivity contribution in [1.82, 2.24) is 5.43 Å². The van der Waals surface area contributed by atoms with Crippen LogP contribution in [0.15, 0.2) is 76.3 Å². The van der Waals surface area contributed by atoms with Crippen LogP contribution in [0.4, 0.5) is 11.4 Å². The van der Waals surface area contributed by atoms with Gasteiger partial charge in [-0.15, -0.1) is 0 Å².